The largest absolute Gasteiger partial charge is 0.403 e. The smallest absolute Gasteiger partial charge is 0.368 e. The van der Waals surface area contributed by atoms with Crippen LogP contribution in [0.4, 0.5) is 26.7 Å². The third kappa shape index (κ3) is 3.80. The van der Waals surface area contributed by atoms with Gasteiger partial charge in [-0.1, -0.05) is 24.6 Å². The fourth-order valence-electron chi connectivity index (χ4n) is 4.15. The summed E-state index contributed by atoms with van der Waals surface area (Å²) < 4.78 is 67.8. The number of primary amides is 1. The van der Waals surface area contributed by atoms with Gasteiger partial charge in [0.25, 0.3) is 0 Å². The van der Waals surface area contributed by atoms with Crippen LogP contribution in [-0.2, 0) is 4.79 Å². The van der Waals surface area contributed by atoms with Crippen molar-refractivity contribution in [2.24, 2.45) is 11.1 Å². The number of amides is 3. The van der Waals surface area contributed by atoms with Crippen LogP contribution in [0.15, 0.2) is 12.1 Å². The molecule has 12 heteroatoms. The van der Waals surface area contributed by atoms with Gasteiger partial charge in [0.05, 0.1) is 12.6 Å². The Balaban J connectivity index is 1.99. The highest BCUT2D eigenvalue weighted by Gasteiger charge is 2.56. The first-order valence-corrected chi connectivity index (χ1v) is 9.44. The van der Waals surface area contributed by atoms with Gasteiger partial charge in [0.1, 0.15) is 28.7 Å². The van der Waals surface area contributed by atoms with Gasteiger partial charge in [-0.25, -0.2) is 13.6 Å². The number of carbonyl (C=O) groups is 2. The van der Waals surface area contributed by atoms with E-state index < -0.39 is 58.3 Å². The van der Waals surface area contributed by atoms with Gasteiger partial charge in [0.15, 0.2) is 0 Å². The molecule has 1 unspecified atom stereocenters. The molecule has 0 bridgehead atoms. The van der Waals surface area contributed by atoms with Gasteiger partial charge in [0.2, 0.25) is 5.91 Å². The number of likely N-dealkylation sites (tertiary alicyclic amines) is 1. The maximum Gasteiger partial charge on any atom is 0.403 e. The molecule has 3 atom stereocenters. The molecule has 30 heavy (non-hydrogen) atoms. The molecule has 3 rings (SSSR count). The van der Waals surface area contributed by atoms with Crippen LogP contribution in [0.1, 0.15) is 25.5 Å². The van der Waals surface area contributed by atoms with E-state index in [1.165, 1.54) is 0 Å². The Morgan fingerprint density at radius 3 is 2.43 bits per heavy atom. The van der Waals surface area contributed by atoms with Crippen LogP contribution in [0.25, 0.3) is 0 Å². The van der Waals surface area contributed by atoms with Crippen LogP contribution in [0.5, 0.6) is 0 Å². The summed E-state index contributed by atoms with van der Waals surface area (Å²) in [6.07, 6.45) is -4.46. The first-order valence-electron chi connectivity index (χ1n) is 9.07. The molecule has 6 nitrogen and oxygen atoms in total. The van der Waals surface area contributed by atoms with Gasteiger partial charge in [-0.05, 0) is 13.0 Å². The molecule has 0 saturated carbocycles. The minimum Gasteiger partial charge on any atom is -0.368 e. The number of nitrogens with one attached hydrogen (secondary N) is 1. The second kappa shape index (κ2) is 7.52. The maximum atomic E-state index is 14.9. The first-order chi connectivity index (χ1) is 13.8. The molecule has 2 aliphatic rings. The Labute approximate surface area is 174 Å². The number of hydrogen-bond donors (Lipinski definition) is 2. The highest BCUT2D eigenvalue weighted by atomic mass is 35.5. The minimum absolute atomic E-state index is 0.113. The summed E-state index contributed by atoms with van der Waals surface area (Å²) in [6, 6.07) is -2.59. The van der Waals surface area contributed by atoms with Gasteiger partial charge in [-0.3, -0.25) is 9.69 Å². The van der Waals surface area contributed by atoms with E-state index in [1.807, 2.05) is 0 Å². The third-order valence-electron chi connectivity index (χ3n) is 5.76. The molecular weight excluding hydrogens is 435 g/mol. The summed E-state index contributed by atoms with van der Waals surface area (Å²) in [6.45, 7) is 2.17. The molecule has 2 heterocycles. The molecule has 0 aliphatic carbocycles. The van der Waals surface area contributed by atoms with Gasteiger partial charge in [-0.2, -0.15) is 13.2 Å². The summed E-state index contributed by atoms with van der Waals surface area (Å²) in [7, 11) is 0. The molecule has 2 fully saturated rings. The molecule has 1 aromatic carbocycles. The van der Waals surface area contributed by atoms with Gasteiger partial charge < -0.3 is 16.0 Å². The first kappa shape index (κ1) is 22.5. The van der Waals surface area contributed by atoms with Crippen LogP contribution < -0.4 is 11.1 Å². The molecule has 2 saturated heterocycles. The molecule has 2 aliphatic heterocycles. The lowest BCUT2D eigenvalue weighted by molar-refractivity contribution is -0.208. The molecule has 0 spiro atoms. The average molecular weight is 455 g/mol. The fourth-order valence-corrected chi connectivity index (χ4v) is 4.32. The van der Waals surface area contributed by atoms with Crippen molar-refractivity contribution in [3.8, 4) is 0 Å². The minimum atomic E-state index is -4.46. The monoisotopic (exact) mass is 454 g/mol. The second-order valence-electron chi connectivity index (χ2n) is 8.00. The van der Waals surface area contributed by atoms with Crippen molar-refractivity contribution in [3.63, 3.8) is 0 Å². The number of halogens is 6. The van der Waals surface area contributed by atoms with Crippen molar-refractivity contribution in [1.82, 2.24) is 15.1 Å². The Hall–Kier alpha value is -2.14. The number of nitrogens with two attached hydrogens (primary N) is 1. The normalized spacial score (nSPS) is 23.7. The number of hydrogen-bond acceptors (Lipinski definition) is 3. The Bertz CT molecular complexity index is 875. The Morgan fingerprint density at radius 2 is 1.93 bits per heavy atom. The zero-order valence-electron chi connectivity index (χ0n) is 16.1. The lowest BCUT2D eigenvalue weighted by Gasteiger charge is -2.56. The molecule has 1 aromatic rings. The SMILES string of the molecule is C[C@H](N1CC(C)([C@H](c2ccc(F)c(Cl)c2F)N2CC(C(N)=O)NC2=O)C1)C(F)(F)F. The number of urea groups is 1. The van der Waals surface area contributed by atoms with E-state index in [9.17, 15) is 31.5 Å². The molecule has 0 radical (unpaired) electrons. The highest BCUT2D eigenvalue weighted by Crippen LogP contribution is 2.49. The summed E-state index contributed by atoms with van der Waals surface area (Å²) in [5, 5.41) is 1.58. The molecule has 0 aromatic heterocycles. The van der Waals surface area contributed by atoms with E-state index in [0.29, 0.717) is 0 Å². The van der Waals surface area contributed by atoms with Crippen molar-refractivity contribution in [1.29, 1.82) is 0 Å². The summed E-state index contributed by atoms with van der Waals surface area (Å²) in [5.74, 6) is -2.93. The highest BCUT2D eigenvalue weighted by molar-refractivity contribution is 6.31. The molecule has 3 N–H and O–H groups in total. The predicted octanol–water partition coefficient (Wildman–Crippen LogP) is 2.81. The van der Waals surface area contributed by atoms with Crippen molar-refractivity contribution in [2.45, 2.75) is 38.1 Å². The van der Waals surface area contributed by atoms with E-state index >= 15 is 0 Å². The van der Waals surface area contributed by atoms with E-state index in [-0.39, 0.29) is 25.2 Å². The maximum absolute atomic E-state index is 14.9. The number of alkyl halides is 3. The van der Waals surface area contributed by atoms with Gasteiger partial charge >= 0.3 is 12.2 Å². The molecule has 3 amide bonds. The third-order valence-corrected chi connectivity index (χ3v) is 6.11. The topological polar surface area (TPSA) is 78.7 Å². The van der Waals surface area contributed by atoms with E-state index in [0.717, 1.165) is 28.9 Å². The lowest BCUT2D eigenvalue weighted by atomic mass is 9.71. The van der Waals surface area contributed by atoms with E-state index in [4.69, 9.17) is 17.3 Å². The Kier molecular flexibility index (Phi) is 5.65. The zero-order valence-corrected chi connectivity index (χ0v) is 16.8. The number of rotatable bonds is 5. The quantitative estimate of drug-likeness (QED) is 0.530. The summed E-state index contributed by atoms with van der Waals surface area (Å²) in [5.41, 5.74) is 4.07. The standard InChI is InChI=1S/C18H20ClF5N4O2/c1-8(18(22,23)24)27-6-17(2,7-27)14(9-3-4-10(20)12(19)13(9)21)28-5-11(15(25)29)26-16(28)30/h3-4,8,11,14H,5-7H2,1-2H3,(H2,25,29)(H,26,30)/t8-,11?,14-/m0/s1. The molecule has 166 valence electrons. The van der Waals surface area contributed by atoms with Gasteiger partial charge in [-0.15, -0.1) is 0 Å². The zero-order chi connectivity index (χ0) is 22.6. The van der Waals surface area contributed by atoms with Crippen LogP contribution >= 0.6 is 11.6 Å². The number of carbonyl (C=O) groups excluding carboxylic acids is 2. The second-order valence-corrected chi connectivity index (χ2v) is 8.38. The van der Waals surface area contributed by atoms with Crippen molar-refractivity contribution < 1.29 is 31.5 Å². The molecular formula is C18H20ClF5N4O2. The van der Waals surface area contributed by atoms with Crippen molar-refractivity contribution in [2.75, 3.05) is 19.6 Å². The Morgan fingerprint density at radius 1 is 1.33 bits per heavy atom. The average Bonchev–Trinajstić information content (AvgIpc) is 3.00. The summed E-state index contributed by atoms with van der Waals surface area (Å²) >= 11 is 5.70. The van der Waals surface area contributed by atoms with Gasteiger partial charge in [0, 0.05) is 24.1 Å². The lowest BCUT2D eigenvalue weighted by Crippen LogP contribution is -2.65. The predicted molar refractivity (Wildman–Crippen MR) is 97.5 cm³/mol. The van der Waals surface area contributed by atoms with Crippen molar-refractivity contribution in [3.05, 3.63) is 34.4 Å². The van der Waals surface area contributed by atoms with E-state index in [1.54, 1.807) is 6.92 Å². The number of nitrogens with zero attached hydrogens (tertiary/aromatic N) is 2. The van der Waals surface area contributed by atoms with Crippen LogP contribution in [0.3, 0.4) is 0 Å². The van der Waals surface area contributed by atoms with Crippen molar-refractivity contribution >= 4 is 23.5 Å². The fraction of sp³-hybridized carbons (Fsp3) is 0.556. The summed E-state index contributed by atoms with van der Waals surface area (Å²) in [4.78, 5) is 26.3. The number of benzene rings is 1. The van der Waals surface area contributed by atoms with Crippen LogP contribution in [0.2, 0.25) is 5.02 Å². The van der Waals surface area contributed by atoms with Crippen LogP contribution in [0, 0.1) is 17.0 Å². The van der Waals surface area contributed by atoms with E-state index in [2.05, 4.69) is 5.32 Å². The van der Waals surface area contributed by atoms with Crippen LogP contribution in [-0.4, -0.2) is 59.6 Å².